The minimum atomic E-state index is -3.57. The Morgan fingerprint density at radius 1 is 1.00 bits per heavy atom. The molecule has 2 aromatic carbocycles. The van der Waals surface area contributed by atoms with Crippen LogP contribution in [0.3, 0.4) is 0 Å². The van der Waals surface area contributed by atoms with Crippen molar-refractivity contribution in [3.05, 3.63) is 59.9 Å². The van der Waals surface area contributed by atoms with Crippen LogP contribution in [0, 0.1) is 11.3 Å². The van der Waals surface area contributed by atoms with Crippen LogP contribution in [-0.2, 0) is 16.6 Å². The lowest BCUT2D eigenvalue weighted by atomic mass is 10.2. The standard InChI is InChI=1S/C20H20N6O2S/c21-13-15-5-7-16(8-6-15)29(27,28)26-11-9-25(10-12-26)14-19-23-18-4-2-1-3-17(18)20(22)24-19/h1-8H,9-12,14H2,(H2,22,23,24). The number of sulfonamides is 1. The van der Waals surface area contributed by atoms with Crippen molar-refractivity contribution in [1.82, 2.24) is 19.2 Å². The zero-order valence-corrected chi connectivity index (χ0v) is 16.5. The fraction of sp³-hybridized carbons (Fsp3) is 0.250. The minimum Gasteiger partial charge on any atom is -0.383 e. The number of para-hydroxylation sites is 1. The SMILES string of the molecule is N#Cc1ccc(S(=O)(=O)N2CCN(Cc3nc(N)c4ccccc4n3)CC2)cc1. The summed E-state index contributed by atoms with van der Waals surface area (Å²) < 4.78 is 27.1. The van der Waals surface area contributed by atoms with Crippen LogP contribution >= 0.6 is 0 Å². The van der Waals surface area contributed by atoms with E-state index in [0.29, 0.717) is 49.9 Å². The van der Waals surface area contributed by atoms with Crippen LogP contribution in [0.1, 0.15) is 11.4 Å². The topological polar surface area (TPSA) is 116 Å². The lowest BCUT2D eigenvalue weighted by Gasteiger charge is -2.33. The van der Waals surface area contributed by atoms with Gasteiger partial charge in [-0.2, -0.15) is 9.57 Å². The number of anilines is 1. The average Bonchev–Trinajstić information content (AvgIpc) is 2.74. The molecular weight excluding hydrogens is 388 g/mol. The van der Waals surface area contributed by atoms with Gasteiger partial charge in [0.1, 0.15) is 11.6 Å². The lowest BCUT2D eigenvalue weighted by Crippen LogP contribution is -2.48. The second-order valence-corrected chi connectivity index (χ2v) is 8.80. The predicted octanol–water partition coefficient (Wildman–Crippen LogP) is 1.59. The first kappa shape index (κ1) is 19.3. The number of benzene rings is 2. The molecule has 4 rings (SSSR count). The van der Waals surface area contributed by atoms with Gasteiger partial charge in [-0.05, 0) is 36.4 Å². The van der Waals surface area contributed by atoms with Gasteiger partial charge in [0.25, 0.3) is 0 Å². The molecule has 1 aromatic heterocycles. The normalized spacial score (nSPS) is 16.0. The third-order valence-corrected chi connectivity index (χ3v) is 6.91. The molecule has 1 fully saturated rings. The Labute approximate surface area is 169 Å². The maximum atomic E-state index is 12.8. The van der Waals surface area contributed by atoms with E-state index in [1.165, 1.54) is 28.6 Å². The number of fused-ring (bicyclic) bond motifs is 1. The van der Waals surface area contributed by atoms with Gasteiger partial charge in [-0.15, -0.1) is 0 Å². The van der Waals surface area contributed by atoms with Gasteiger partial charge in [-0.1, -0.05) is 12.1 Å². The summed E-state index contributed by atoms with van der Waals surface area (Å²) in [5.74, 6) is 1.08. The zero-order valence-electron chi connectivity index (χ0n) is 15.7. The first-order valence-corrected chi connectivity index (χ1v) is 10.7. The molecule has 0 bridgehead atoms. The Morgan fingerprint density at radius 3 is 2.38 bits per heavy atom. The minimum absolute atomic E-state index is 0.204. The Morgan fingerprint density at radius 2 is 1.69 bits per heavy atom. The highest BCUT2D eigenvalue weighted by atomic mass is 32.2. The predicted molar refractivity (Wildman–Crippen MR) is 109 cm³/mol. The number of piperazine rings is 1. The van der Waals surface area contributed by atoms with Crippen molar-refractivity contribution < 1.29 is 8.42 Å². The van der Waals surface area contributed by atoms with E-state index < -0.39 is 10.0 Å². The Balaban J connectivity index is 1.43. The molecule has 1 saturated heterocycles. The summed E-state index contributed by atoms with van der Waals surface area (Å²) in [6, 6.07) is 15.6. The van der Waals surface area contributed by atoms with Gasteiger partial charge in [0.2, 0.25) is 10.0 Å². The summed E-state index contributed by atoms with van der Waals surface area (Å²) in [6.07, 6.45) is 0. The molecule has 3 aromatic rings. The Hall–Kier alpha value is -3.06. The Bertz CT molecular complexity index is 1180. The number of nitriles is 1. The molecule has 0 unspecified atom stereocenters. The summed E-state index contributed by atoms with van der Waals surface area (Å²) >= 11 is 0. The van der Waals surface area contributed by atoms with Crippen molar-refractivity contribution in [2.24, 2.45) is 0 Å². The fourth-order valence-corrected chi connectivity index (χ4v) is 4.82. The Kier molecular flexibility index (Phi) is 5.15. The van der Waals surface area contributed by atoms with Gasteiger partial charge < -0.3 is 5.73 Å². The van der Waals surface area contributed by atoms with Gasteiger partial charge in [0.15, 0.2) is 0 Å². The molecule has 0 saturated carbocycles. The van der Waals surface area contributed by atoms with Crippen LogP contribution in [0.25, 0.3) is 10.9 Å². The molecule has 1 aliphatic heterocycles. The molecule has 9 heteroatoms. The molecule has 0 radical (unpaired) electrons. The van der Waals surface area contributed by atoms with Crippen molar-refractivity contribution in [3.63, 3.8) is 0 Å². The van der Waals surface area contributed by atoms with Crippen molar-refractivity contribution in [2.45, 2.75) is 11.4 Å². The third kappa shape index (κ3) is 3.91. The number of nitrogen functional groups attached to an aromatic ring is 1. The number of nitrogens with two attached hydrogens (primary N) is 1. The van der Waals surface area contributed by atoms with Gasteiger partial charge in [0, 0.05) is 31.6 Å². The summed E-state index contributed by atoms with van der Waals surface area (Å²) in [5.41, 5.74) is 7.29. The summed E-state index contributed by atoms with van der Waals surface area (Å²) in [7, 11) is -3.57. The number of hydrogen-bond acceptors (Lipinski definition) is 7. The first-order chi connectivity index (χ1) is 14.0. The van der Waals surface area contributed by atoms with Gasteiger partial charge >= 0.3 is 0 Å². The molecule has 2 heterocycles. The van der Waals surface area contributed by atoms with E-state index >= 15 is 0 Å². The van der Waals surface area contributed by atoms with E-state index in [1.54, 1.807) is 0 Å². The zero-order chi connectivity index (χ0) is 20.4. The largest absolute Gasteiger partial charge is 0.383 e. The van der Waals surface area contributed by atoms with E-state index in [9.17, 15) is 8.42 Å². The molecular formula is C20H20N6O2S. The van der Waals surface area contributed by atoms with Crippen LogP contribution in [0.5, 0.6) is 0 Å². The van der Waals surface area contributed by atoms with Crippen LogP contribution in [0.4, 0.5) is 5.82 Å². The maximum Gasteiger partial charge on any atom is 0.243 e. The molecule has 0 amide bonds. The van der Waals surface area contributed by atoms with Crippen molar-refractivity contribution in [3.8, 4) is 6.07 Å². The average molecular weight is 408 g/mol. The van der Waals surface area contributed by atoms with E-state index in [4.69, 9.17) is 11.0 Å². The molecule has 8 nitrogen and oxygen atoms in total. The third-order valence-electron chi connectivity index (χ3n) is 5.00. The maximum absolute atomic E-state index is 12.8. The lowest BCUT2D eigenvalue weighted by molar-refractivity contribution is 0.178. The smallest absolute Gasteiger partial charge is 0.243 e. The fourth-order valence-electron chi connectivity index (χ4n) is 3.40. The number of nitrogens with zero attached hydrogens (tertiary/aromatic N) is 5. The number of hydrogen-bond donors (Lipinski definition) is 1. The first-order valence-electron chi connectivity index (χ1n) is 9.21. The van der Waals surface area contributed by atoms with Gasteiger partial charge in [-0.3, -0.25) is 4.90 Å². The quantitative estimate of drug-likeness (QED) is 0.697. The summed E-state index contributed by atoms with van der Waals surface area (Å²) in [5, 5.41) is 9.70. The monoisotopic (exact) mass is 408 g/mol. The van der Waals surface area contributed by atoms with E-state index in [1.807, 2.05) is 30.3 Å². The van der Waals surface area contributed by atoms with E-state index in [0.717, 1.165) is 10.9 Å². The van der Waals surface area contributed by atoms with Crippen LogP contribution in [0.15, 0.2) is 53.4 Å². The van der Waals surface area contributed by atoms with Gasteiger partial charge in [-0.25, -0.2) is 18.4 Å². The van der Waals surface area contributed by atoms with E-state index in [-0.39, 0.29) is 4.90 Å². The van der Waals surface area contributed by atoms with Crippen molar-refractivity contribution >= 4 is 26.7 Å². The van der Waals surface area contributed by atoms with Crippen molar-refractivity contribution in [1.29, 1.82) is 5.26 Å². The highest BCUT2D eigenvalue weighted by Crippen LogP contribution is 2.20. The van der Waals surface area contributed by atoms with Crippen LogP contribution in [-0.4, -0.2) is 53.8 Å². The number of rotatable bonds is 4. The molecule has 148 valence electrons. The molecule has 0 aliphatic carbocycles. The molecule has 0 spiro atoms. The molecule has 1 aliphatic rings. The summed E-state index contributed by atoms with van der Waals surface area (Å²) in [6.45, 7) is 2.42. The molecule has 2 N–H and O–H groups in total. The van der Waals surface area contributed by atoms with Crippen molar-refractivity contribution in [2.75, 3.05) is 31.9 Å². The van der Waals surface area contributed by atoms with Gasteiger partial charge in [0.05, 0.1) is 28.6 Å². The van der Waals surface area contributed by atoms with Crippen LogP contribution < -0.4 is 5.73 Å². The summed E-state index contributed by atoms with van der Waals surface area (Å²) in [4.78, 5) is 11.3. The highest BCUT2D eigenvalue weighted by molar-refractivity contribution is 7.89. The van der Waals surface area contributed by atoms with E-state index in [2.05, 4.69) is 14.9 Å². The number of aromatic nitrogens is 2. The second kappa shape index (κ2) is 7.75. The molecule has 29 heavy (non-hydrogen) atoms. The highest BCUT2D eigenvalue weighted by Gasteiger charge is 2.28. The second-order valence-electron chi connectivity index (χ2n) is 6.86. The molecule has 0 atom stereocenters. The van der Waals surface area contributed by atoms with Crippen LogP contribution in [0.2, 0.25) is 0 Å².